The van der Waals surface area contributed by atoms with Crippen LogP contribution in [0.5, 0.6) is 0 Å². The van der Waals surface area contributed by atoms with Crippen molar-refractivity contribution in [3.05, 3.63) is 29.2 Å². The predicted octanol–water partition coefficient (Wildman–Crippen LogP) is 2.28. The van der Waals surface area contributed by atoms with E-state index in [9.17, 15) is 10.1 Å². The van der Waals surface area contributed by atoms with E-state index in [2.05, 4.69) is 20.4 Å². The lowest BCUT2D eigenvalue weighted by Gasteiger charge is -2.09. The zero-order valence-corrected chi connectivity index (χ0v) is 12.9. The highest BCUT2D eigenvalue weighted by Gasteiger charge is 2.16. The number of nitrogens with one attached hydrogen (secondary N) is 1. The minimum Gasteiger partial charge on any atom is -0.309 e. The summed E-state index contributed by atoms with van der Waals surface area (Å²) in [6, 6.07) is 3.87. The van der Waals surface area contributed by atoms with E-state index < -0.39 is 0 Å². The second-order valence-electron chi connectivity index (χ2n) is 5.03. The van der Waals surface area contributed by atoms with Gasteiger partial charge in [-0.25, -0.2) is 9.97 Å². The molecular weight excluding hydrogens is 280 g/mol. The van der Waals surface area contributed by atoms with E-state index in [0.29, 0.717) is 18.2 Å². The molecule has 0 aromatic carbocycles. The van der Waals surface area contributed by atoms with E-state index in [1.165, 1.54) is 10.9 Å². The number of aromatic nitrogens is 4. The molecule has 0 spiro atoms. The molecule has 0 aliphatic carbocycles. The Bertz CT molecular complexity index is 708. The Labute approximate surface area is 129 Å². The first-order valence-corrected chi connectivity index (χ1v) is 7.15. The fraction of sp³-hybridized carbons (Fsp3) is 0.400. The summed E-state index contributed by atoms with van der Waals surface area (Å²) in [4.78, 5) is 20.6. The van der Waals surface area contributed by atoms with Crippen LogP contribution in [-0.2, 0) is 4.79 Å². The molecule has 22 heavy (non-hydrogen) atoms. The Morgan fingerprint density at radius 3 is 2.64 bits per heavy atom. The quantitative estimate of drug-likeness (QED) is 0.913. The fourth-order valence-corrected chi connectivity index (χ4v) is 2.04. The van der Waals surface area contributed by atoms with Gasteiger partial charge in [-0.3, -0.25) is 4.79 Å². The average Bonchev–Trinajstić information content (AvgIpc) is 2.86. The van der Waals surface area contributed by atoms with Crippen LogP contribution in [0.15, 0.2) is 12.3 Å². The Morgan fingerprint density at radius 1 is 1.36 bits per heavy atom. The molecule has 7 nitrogen and oxygen atoms in total. The van der Waals surface area contributed by atoms with Gasteiger partial charge in [-0.1, -0.05) is 13.3 Å². The van der Waals surface area contributed by atoms with Crippen molar-refractivity contribution in [3.63, 3.8) is 0 Å². The summed E-state index contributed by atoms with van der Waals surface area (Å²) in [7, 11) is 0. The Hall–Kier alpha value is -2.75. The number of nitriles is 1. The van der Waals surface area contributed by atoms with Gasteiger partial charge in [0, 0.05) is 17.8 Å². The molecule has 1 amide bonds. The van der Waals surface area contributed by atoms with E-state index in [4.69, 9.17) is 0 Å². The number of unbranched alkanes of at least 4 members (excludes halogenated alkanes) is 1. The fourth-order valence-electron chi connectivity index (χ4n) is 2.04. The van der Waals surface area contributed by atoms with Crippen LogP contribution in [0.25, 0.3) is 5.95 Å². The van der Waals surface area contributed by atoms with Gasteiger partial charge in [0.15, 0.2) is 5.82 Å². The van der Waals surface area contributed by atoms with Gasteiger partial charge in [0.1, 0.15) is 11.6 Å². The second kappa shape index (κ2) is 6.80. The number of hydrogen-bond acceptors (Lipinski definition) is 5. The molecule has 1 N–H and O–H groups in total. The van der Waals surface area contributed by atoms with Crippen LogP contribution in [-0.4, -0.2) is 25.7 Å². The highest BCUT2D eigenvalue weighted by atomic mass is 16.1. The van der Waals surface area contributed by atoms with Crippen molar-refractivity contribution in [1.82, 2.24) is 19.7 Å². The Kier molecular flexibility index (Phi) is 4.84. The second-order valence-corrected chi connectivity index (χ2v) is 5.03. The molecular formula is C15H18N6O. The normalized spacial score (nSPS) is 10.3. The molecule has 7 heteroatoms. The molecule has 114 valence electrons. The van der Waals surface area contributed by atoms with Crippen LogP contribution < -0.4 is 5.32 Å². The zero-order valence-electron chi connectivity index (χ0n) is 12.9. The summed E-state index contributed by atoms with van der Waals surface area (Å²) in [5.74, 6) is 0.503. The van der Waals surface area contributed by atoms with E-state index >= 15 is 0 Å². The average molecular weight is 298 g/mol. The first-order chi connectivity index (χ1) is 10.5. The minimum atomic E-state index is -0.149. The third kappa shape index (κ3) is 3.47. The molecule has 0 unspecified atom stereocenters. The molecule has 2 rings (SSSR count). The van der Waals surface area contributed by atoms with Gasteiger partial charge in [-0.2, -0.15) is 15.0 Å². The van der Waals surface area contributed by atoms with Crippen molar-refractivity contribution >= 4 is 11.7 Å². The van der Waals surface area contributed by atoms with E-state index in [1.807, 2.05) is 32.9 Å². The maximum absolute atomic E-state index is 12.0. The third-order valence-corrected chi connectivity index (χ3v) is 3.06. The van der Waals surface area contributed by atoms with Crippen molar-refractivity contribution in [1.29, 1.82) is 5.26 Å². The van der Waals surface area contributed by atoms with Crippen LogP contribution in [0.4, 0.5) is 5.82 Å². The van der Waals surface area contributed by atoms with Crippen LogP contribution in [0.3, 0.4) is 0 Å². The van der Waals surface area contributed by atoms with Crippen LogP contribution in [0.1, 0.15) is 43.1 Å². The molecule has 2 aromatic heterocycles. The van der Waals surface area contributed by atoms with Crippen LogP contribution in [0.2, 0.25) is 0 Å². The molecule has 0 atom stereocenters. The van der Waals surface area contributed by atoms with Gasteiger partial charge in [0.25, 0.3) is 5.95 Å². The summed E-state index contributed by atoms with van der Waals surface area (Å²) in [6.45, 7) is 5.72. The first kappa shape index (κ1) is 15.6. The molecule has 0 fully saturated rings. The van der Waals surface area contributed by atoms with E-state index in [1.54, 1.807) is 0 Å². The number of rotatable bonds is 5. The van der Waals surface area contributed by atoms with Gasteiger partial charge >= 0.3 is 0 Å². The van der Waals surface area contributed by atoms with E-state index in [0.717, 1.165) is 24.2 Å². The van der Waals surface area contributed by atoms with Gasteiger partial charge in [-0.15, -0.1) is 0 Å². The zero-order chi connectivity index (χ0) is 16.1. The minimum absolute atomic E-state index is 0.149. The monoisotopic (exact) mass is 298 g/mol. The van der Waals surface area contributed by atoms with Crippen LogP contribution >= 0.6 is 0 Å². The van der Waals surface area contributed by atoms with Crippen LogP contribution in [0, 0.1) is 25.2 Å². The van der Waals surface area contributed by atoms with Crippen molar-refractivity contribution in [3.8, 4) is 12.0 Å². The lowest BCUT2D eigenvalue weighted by molar-refractivity contribution is -0.116. The van der Waals surface area contributed by atoms with Gasteiger partial charge in [0.05, 0.1) is 6.20 Å². The number of anilines is 1. The highest BCUT2D eigenvalue weighted by molar-refractivity contribution is 5.91. The topological polar surface area (TPSA) is 96.5 Å². The maximum Gasteiger partial charge on any atom is 0.252 e. The predicted molar refractivity (Wildman–Crippen MR) is 81.5 cm³/mol. The molecule has 0 bridgehead atoms. The third-order valence-electron chi connectivity index (χ3n) is 3.06. The molecule has 0 saturated carbocycles. The van der Waals surface area contributed by atoms with Gasteiger partial charge < -0.3 is 5.32 Å². The molecule has 0 aliphatic rings. The number of carbonyl (C=O) groups excluding carboxylic acids is 1. The van der Waals surface area contributed by atoms with Crippen molar-refractivity contribution in [2.24, 2.45) is 0 Å². The van der Waals surface area contributed by atoms with Crippen molar-refractivity contribution in [2.45, 2.75) is 40.0 Å². The summed E-state index contributed by atoms with van der Waals surface area (Å²) in [6.07, 6.45) is 3.52. The summed E-state index contributed by atoms with van der Waals surface area (Å²) in [5.41, 5.74) is 1.87. The van der Waals surface area contributed by atoms with Crippen molar-refractivity contribution < 1.29 is 4.79 Å². The highest BCUT2D eigenvalue weighted by Crippen LogP contribution is 2.18. The maximum atomic E-state index is 12.0. The number of hydrogen-bond donors (Lipinski definition) is 1. The van der Waals surface area contributed by atoms with Gasteiger partial charge in [-0.05, 0) is 26.3 Å². The molecule has 2 aromatic rings. The number of nitrogens with zero attached hydrogens (tertiary/aromatic N) is 5. The number of carbonyl (C=O) groups is 1. The summed E-state index contributed by atoms with van der Waals surface area (Å²) in [5, 5.41) is 16.0. The number of amides is 1. The van der Waals surface area contributed by atoms with Crippen molar-refractivity contribution in [2.75, 3.05) is 5.32 Å². The SMILES string of the molecule is CCCCC(=O)Nc1c(C#N)cnn1-c1nc(C)cc(C)n1. The lowest BCUT2D eigenvalue weighted by atomic mass is 10.2. The number of aryl methyl sites for hydroxylation is 2. The smallest absolute Gasteiger partial charge is 0.252 e. The summed E-state index contributed by atoms with van der Waals surface area (Å²) < 4.78 is 1.39. The molecule has 2 heterocycles. The Morgan fingerprint density at radius 2 is 2.05 bits per heavy atom. The lowest BCUT2D eigenvalue weighted by Crippen LogP contribution is -2.17. The Balaban J connectivity index is 2.38. The summed E-state index contributed by atoms with van der Waals surface area (Å²) >= 11 is 0. The molecule has 0 aliphatic heterocycles. The first-order valence-electron chi connectivity index (χ1n) is 7.15. The molecule has 0 radical (unpaired) electrons. The van der Waals surface area contributed by atoms with E-state index in [-0.39, 0.29) is 11.5 Å². The standard InChI is InChI=1S/C15H18N6O/c1-4-5-6-13(22)20-14-12(8-16)9-17-21(14)15-18-10(2)7-11(3)19-15/h7,9H,4-6H2,1-3H3,(H,20,22). The largest absolute Gasteiger partial charge is 0.309 e. The van der Waals surface area contributed by atoms with Gasteiger partial charge in [0.2, 0.25) is 5.91 Å². The molecule has 0 saturated heterocycles.